The highest BCUT2D eigenvalue weighted by molar-refractivity contribution is 5.26. The Morgan fingerprint density at radius 2 is 1.80 bits per heavy atom. The molecule has 0 saturated carbocycles. The van der Waals surface area contributed by atoms with Crippen molar-refractivity contribution >= 4 is 0 Å². The standard InChI is InChI=1S/C17H27NO2/c1-13-4-6-17(7-5-13)20-12-16(19)11-18-9-14(2)8-15(3)10-18/h4-7,14-16,19H,8-12H2,1-3H3/t14-,15-,16-/m1/s1. The number of β-amino-alcohol motifs (C(OH)–C–C–N with tert-alkyl or cyclic N) is 1. The van der Waals surface area contributed by atoms with Gasteiger partial charge in [0.15, 0.2) is 0 Å². The maximum absolute atomic E-state index is 10.1. The molecule has 1 heterocycles. The van der Waals surface area contributed by atoms with Gasteiger partial charge in [0.1, 0.15) is 18.5 Å². The largest absolute Gasteiger partial charge is 0.491 e. The lowest BCUT2D eigenvalue weighted by Gasteiger charge is -2.35. The van der Waals surface area contributed by atoms with Crippen LogP contribution in [0.3, 0.4) is 0 Å². The van der Waals surface area contributed by atoms with Gasteiger partial charge in [-0.1, -0.05) is 31.5 Å². The van der Waals surface area contributed by atoms with Crippen LogP contribution >= 0.6 is 0 Å². The van der Waals surface area contributed by atoms with Crippen molar-refractivity contribution in [1.29, 1.82) is 0 Å². The highest BCUT2D eigenvalue weighted by Gasteiger charge is 2.23. The highest BCUT2D eigenvalue weighted by atomic mass is 16.5. The Balaban J connectivity index is 1.74. The summed E-state index contributed by atoms with van der Waals surface area (Å²) in [5.41, 5.74) is 1.22. The van der Waals surface area contributed by atoms with Crippen molar-refractivity contribution in [3.8, 4) is 5.75 Å². The highest BCUT2D eigenvalue weighted by Crippen LogP contribution is 2.21. The number of aliphatic hydroxyl groups is 1. The number of rotatable bonds is 5. The van der Waals surface area contributed by atoms with E-state index in [-0.39, 0.29) is 0 Å². The summed E-state index contributed by atoms with van der Waals surface area (Å²) in [7, 11) is 0. The molecule has 0 bridgehead atoms. The van der Waals surface area contributed by atoms with Gasteiger partial charge in [-0.3, -0.25) is 0 Å². The zero-order chi connectivity index (χ0) is 14.5. The quantitative estimate of drug-likeness (QED) is 0.898. The normalized spacial score (nSPS) is 25.4. The van der Waals surface area contributed by atoms with Gasteiger partial charge < -0.3 is 14.7 Å². The molecule has 1 aliphatic heterocycles. The summed E-state index contributed by atoms with van der Waals surface area (Å²) in [6.45, 7) is 9.88. The number of nitrogens with zero attached hydrogens (tertiary/aromatic N) is 1. The van der Waals surface area contributed by atoms with Gasteiger partial charge in [0, 0.05) is 19.6 Å². The monoisotopic (exact) mass is 277 g/mol. The third-order valence-corrected chi connectivity index (χ3v) is 3.88. The van der Waals surface area contributed by atoms with E-state index < -0.39 is 6.10 Å². The van der Waals surface area contributed by atoms with Gasteiger partial charge in [-0.25, -0.2) is 0 Å². The molecule has 1 aromatic rings. The molecule has 3 nitrogen and oxygen atoms in total. The van der Waals surface area contributed by atoms with Gasteiger partial charge in [-0.15, -0.1) is 0 Å². The number of ether oxygens (including phenoxy) is 1. The molecule has 1 N–H and O–H groups in total. The van der Waals surface area contributed by atoms with Gasteiger partial charge >= 0.3 is 0 Å². The molecule has 0 aliphatic carbocycles. The molecule has 1 aromatic carbocycles. The van der Waals surface area contributed by atoms with Crippen LogP contribution in [0, 0.1) is 18.8 Å². The van der Waals surface area contributed by atoms with E-state index in [9.17, 15) is 5.11 Å². The first-order valence-electron chi connectivity index (χ1n) is 7.63. The topological polar surface area (TPSA) is 32.7 Å². The molecule has 0 aromatic heterocycles. The van der Waals surface area contributed by atoms with E-state index in [1.54, 1.807) is 0 Å². The summed E-state index contributed by atoms with van der Waals surface area (Å²) in [4.78, 5) is 2.36. The average molecular weight is 277 g/mol. The van der Waals surface area contributed by atoms with Gasteiger partial charge in [0.2, 0.25) is 0 Å². The summed E-state index contributed by atoms with van der Waals surface area (Å²) in [6.07, 6.45) is 0.876. The van der Waals surface area contributed by atoms with Crippen LogP contribution in [0.2, 0.25) is 0 Å². The van der Waals surface area contributed by atoms with E-state index in [2.05, 4.69) is 25.7 Å². The van der Waals surface area contributed by atoms with Gasteiger partial charge in [0.05, 0.1) is 0 Å². The molecule has 1 aliphatic rings. The Kier molecular flexibility index (Phi) is 5.44. The van der Waals surface area contributed by atoms with E-state index in [1.165, 1.54) is 12.0 Å². The number of aryl methyl sites for hydroxylation is 1. The summed E-state index contributed by atoms with van der Waals surface area (Å²) >= 11 is 0. The minimum absolute atomic E-state index is 0.363. The molecule has 0 amide bonds. The average Bonchev–Trinajstić information content (AvgIpc) is 2.37. The number of aliphatic hydroxyl groups excluding tert-OH is 1. The summed E-state index contributed by atoms with van der Waals surface area (Å²) in [5.74, 6) is 2.28. The molecule has 20 heavy (non-hydrogen) atoms. The second-order valence-electron chi connectivity index (χ2n) is 6.44. The summed E-state index contributed by atoms with van der Waals surface area (Å²) < 4.78 is 5.64. The molecule has 3 heteroatoms. The molecule has 112 valence electrons. The van der Waals surface area contributed by atoms with E-state index >= 15 is 0 Å². The molecule has 1 fully saturated rings. The Morgan fingerprint density at radius 3 is 2.40 bits per heavy atom. The molecular formula is C17H27NO2. The zero-order valence-electron chi connectivity index (χ0n) is 12.9. The maximum Gasteiger partial charge on any atom is 0.119 e. The molecule has 3 atom stereocenters. The van der Waals surface area contributed by atoms with Crippen molar-refractivity contribution in [2.75, 3.05) is 26.2 Å². The SMILES string of the molecule is Cc1ccc(OC[C@H](O)CN2C[C@H](C)C[C@@H](C)C2)cc1. The van der Waals surface area contributed by atoms with Crippen molar-refractivity contribution in [1.82, 2.24) is 4.90 Å². The van der Waals surface area contributed by atoms with Crippen molar-refractivity contribution in [2.24, 2.45) is 11.8 Å². The second kappa shape index (κ2) is 7.09. The molecule has 0 radical (unpaired) electrons. The van der Waals surface area contributed by atoms with Crippen LogP contribution in [0.1, 0.15) is 25.8 Å². The fourth-order valence-electron chi connectivity index (χ4n) is 3.12. The Hall–Kier alpha value is -1.06. The number of hydrogen-bond acceptors (Lipinski definition) is 3. The summed E-state index contributed by atoms with van der Waals surface area (Å²) in [6, 6.07) is 7.95. The molecule has 2 rings (SSSR count). The fourth-order valence-corrected chi connectivity index (χ4v) is 3.12. The van der Waals surface area contributed by atoms with E-state index in [0.717, 1.165) is 30.7 Å². The molecular weight excluding hydrogens is 250 g/mol. The van der Waals surface area contributed by atoms with Crippen LogP contribution in [-0.4, -0.2) is 42.4 Å². The van der Waals surface area contributed by atoms with Crippen LogP contribution in [0.5, 0.6) is 5.75 Å². The van der Waals surface area contributed by atoms with Gasteiger partial charge in [-0.05, 0) is 37.3 Å². The van der Waals surface area contributed by atoms with Crippen LogP contribution < -0.4 is 4.74 Å². The lowest BCUT2D eigenvalue weighted by Crippen LogP contribution is -2.43. The number of benzene rings is 1. The van der Waals surface area contributed by atoms with Crippen LogP contribution in [0.15, 0.2) is 24.3 Å². The van der Waals surface area contributed by atoms with Crippen LogP contribution in [0.4, 0.5) is 0 Å². The minimum atomic E-state index is -0.422. The van der Waals surface area contributed by atoms with Crippen molar-refractivity contribution < 1.29 is 9.84 Å². The second-order valence-corrected chi connectivity index (χ2v) is 6.44. The van der Waals surface area contributed by atoms with Gasteiger partial charge in [0.25, 0.3) is 0 Å². The predicted molar refractivity (Wildman–Crippen MR) is 82.1 cm³/mol. The zero-order valence-corrected chi connectivity index (χ0v) is 12.9. The molecule has 1 saturated heterocycles. The van der Waals surface area contributed by atoms with Crippen LogP contribution in [-0.2, 0) is 0 Å². The molecule has 0 spiro atoms. The Morgan fingerprint density at radius 1 is 1.20 bits per heavy atom. The first-order chi connectivity index (χ1) is 9.52. The van der Waals surface area contributed by atoms with Crippen LogP contribution in [0.25, 0.3) is 0 Å². The third-order valence-electron chi connectivity index (χ3n) is 3.88. The first kappa shape index (κ1) is 15.3. The van der Waals surface area contributed by atoms with Gasteiger partial charge in [-0.2, -0.15) is 0 Å². The maximum atomic E-state index is 10.1. The number of likely N-dealkylation sites (tertiary alicyclic amines) is 1. The first-order valence-corrected chi connectivity index (χ1v) is 7.63. The number of piperidine rings is 1. The molecule has 0 unspecified atom stereocenters. The lowest BCUT2D eigenvalue weighted by atomic mass is 9.92. The fraction of sp³-hybridized carbons (Fsp3) is 0.647. The lowest BCUT2D eigenvalue weighted by molar-refractivity contribution is 0.0429. The Bertz CT molecular complexity index is 394. The summed E-state index contributed by atoms with van der Waals surface area (Å²) in [5, 5.41) is 10.1. The smallest absolute Gasteiger partial charge is 0.119 e. The van der Waals surface area contributed by atoms with E-state index in [4.69, 9.17) is 4.74 Å². The van der Waals surface area contributed by atoms with E-state index in [0.29, 0.717) is 13.2 Å². The van der Waals surface area contributed by atoms with Crippen molar-refractivity contribution in [3.63, 3.8) is 0 Å². The predicted octanol–water partition coefficient (Wildman–Crippen LogP) is 2.71. The van der Waals surface area contributed by atoms with Crippen molar-refractivity contribution in [2.45, 2.75) is 33.3 Å². The Labute approximate surface area is 122 Å². The third kappa shape index (κ3) is 4.80. The van der Waals surface area contributed by atoms with Crippen molar-refractivity contribution in [3.05, 3.63) is 29.8 Å². The number of hydrogen-bond donors (Lipinski definition) is 1. The minimum Gasteiger partial charge on any atom is -0.491 e. The van der Waals surface area contributed by atoms with E-state index in [1.807, 2.05) is 24.3 Å².